The molecule has 0 fully saturated rings. The molecule has 513 valence electrons. The van der Waals surface area contributed by atoms with E-state index in [9.17, 15) is 9.59 Å². The molecule has 0 atom stereocenters. The second-order valence-electron chi connectivity index (χ2n) is 21.7. The zero-order valence-corrected chi connectivity index (χ0v) is 67.3. The Balaban J connectivity index is 0.000000351. The van der Waals surface area contributed by atoms with Crippen LogP contribution in [0.5, 0.6) is 0 Å². The molecule has 3 aromatic carbocycles. The molecule has 0 aliphatic carbocycles. The van der Waals surface area contributed by atoms with Gasteiger partial charge in [0.05, 0.1) is 50.2 Å². The standard InChI is InChI=1S/C36H44N4.C12H8N2S.2C11H8N.2C5H8O2.3Ir.Pt/c1-9-21-22(10-2)30-18-32-25(13-5)26(14-6)34(39-32)20-36-28(16-8)27(15-7)35(40-36)19-33-24(12-4)23(11-3)31(38-33)17-29(21)37-30;1-2-7-11-9(5-1)14-12(15-11)10-6-3-4-8-13-10;2*1-2-6-10(7-3-1)11-8-4-5-9-12-11;2*1-4(6)3-5(2)7;;;;/h17-20H,9-16H2,1-8H3;1-8H;2*1-6,8-9H;2*3,6H,1-2H3;;;;/q-2;;2*-1;;;;;;+2. The number of aliphatic hydroxyl groups excluding tert-OH is 2. The Kier molecular flexibility index (Phi) is 37.3. The molecule has 97 heavy (non-hydrogen) atoms. The van der Waals surface area contributed by atoms with Gasteiger partial charge in [0.15, 0.2) is 11.6 Å². The van der Waals surface area contributed by atoms with Crippen LogP contribution in [0.3, 0.4) is 0 Å². The summed E-state index contributed by atoms with van der Waals surface area (Å²) in [5, 5.41) is 17.7. The molecule has 0 saturated heterocycles. The van der Waals surface area contributed by atoms with Crippen LogP contribution in [0.4, 0.5) is 0 Å². The minimum Gasteiger partial charge on any atom is -0.657 e. The summed E-state index contributed by atoms with van der Waals surface area (Å²) >= 11 is 1.68. The minimum absolute atomic E-state index is 0. The molecule has 9 heterocycles. The Morgan fingerprint density at radius 1 is 0.412 bits per heavy atom. The van der Waals surface area contributed by atoms with Crippen molar-refractivity contribution < 1.29 is 101 Å². The molecule has 3 radical (unpaired) electrons. The second-order valence-corrected chi connectivity index (χ2v) is 22.8. The Morgan fingerprint density at radius 2 is 0.732 bits per heavy atom. The average Bonchev–Trinajstić information content (AvgIpc) is 1.62. The fraction of sp³-hybridized carbons (Fsp3) is 0.250. The van der Waals surface area contributed by atoms with E-state index in [-0.39, 0.29) is 104 Å². The van der Waals surface area contributed by atoms with E-state index in [1.54, 1.807) is 29.9 Å². The van der Waals surface area contributed by atoms with Crippen molar-refractivity contribution in [2.75, 3.05) is 0 Å². The molecule has 2 N–H and O–H groups in total. The summed E-state index contributed by atoms with van der Waals surface area (Å²) < 4.78 is 1.21. The van der Waals surface area contributed by atoms with Crippen LogP contribution in [0.15, 0.2) is 194 Å². The number of rotatable bonds is 13. The number of carbonyl (C=O) groups is 2. The van der Waals surface area contributed by atoms with Gasteiger partial charge in [0, 0.05) is 91.1 Å². The largest absolute Gasteiger partial charge is 2.00 e. The van der Waals surface area contributed by atoms with Crippen molar-refractivity contribution >= 4 is 77.5 Å². The number of aryl methyl sites for hydroxylation is 4. The summed E-state index contributed by atoms with van der Waals surface area (Å²) in [6.45, 7) is 23.6. The van der Waals surface area contributed by atoms with E-state index < -0.39 is 0 Å². The quantitative estimate of drug-likeness (QED) is 0.0634. The van der Waals surface area contributed by atoms with Gasteiger partial charge in [-0.1, -0.05) is 144 Å². The number of hydrogen-bond acceptors (Lipinski definition) is 11. The zero-order chi connectivity index (χ0) is 66.8. The summed E-state index contributed by atoms with van der Waals surface area (Å²) in [7, 11) is 0. The molecule has 12 nitrogen and oxygen atoms in total. The van der Waals surface area contributed by atoms with Gasteiger partial charge in [0.25, 0.3) is 0 Å². The van der Waals surface area contributed by atoms with Crippen LogP contribution < -0.4 is 9.97 Å². The van der Waals surface area contributed by atoms with Crippen LogP contribution in [-0.2, 0) is 117 Å². The van der Waals surface area contributed by atoms with Gasteiger partial charge >= 0.3 is 21.1 Å². The Bertz CT molecular complexity index is 3960. The molecule has 0 saturated carbocycles. The maximum Gasteiger partial charge on any atom is 2.00 e. The molecule has 2 aliphatic rings. The first-order chi connectivity index (χ1) is 45.1. The van der Waals surface area contributed by atoms with E-state index >= 15 is 0 Å². The number of aromatic nitrogens is 8. The molecule has 2 aliphatic heterocycles. The van der Waals surface area contributed by atoms with Crippen LogP contribution in [0, 0.1) is 12.1 Å². The molecule has 0 unspecified atom stereocenters. The molecule has 8 bridgehead atoms. The number of pyridine rings is 3. The maximum atomic E-state index is 10.0. The number of thiazole rings is 1. The number of fused-ring (bicyclic) bond motifs is 9. The van der Waals surface area contributed by atoms with Crippen LogP contribution in [0.25, 0.3) is 87.8 Å². The minimum atomic E-state index is -0.125. The Morgan fingerprint density at radius 3 is 0.990 bits per heavy atom. The van der Waals surface area contributed by atoms with E-state index in [0.717, 1.165) is 135 Å². The number of ketones is 2. The van der Waals surface area contributed by atoms with Crippen molar-refractivity contribution in [2.24, 2.45) is 0 Å². The van der Waals surface area contributed by atoms with Crippen molar-refractivity contribution in [1.82, 2.24) is 39.9 Å². The van der Waals surface area contributed by atoms with Crippen LogP contribution >= 0.6 is 11.3 Å². The maximum absolute atomic E-state index is 10.0. The fourth-order valence-corrected chi connectivity index (χ4v) is 12.1. The Hall–Kier alpha value is -7.34. The van der Waals surface area contributed by atoms with Crippen LogP contribution in [0.2, 0.25) is 0 Å². The van der Waals surface area contributed by atoms with Crippen molar-refractivity contribution in [3.05, 3.63) is 251 Å². The van der Waals surface area contributed by atoms with Crippen LogP contribution in [0.1, 0.15) is 154 Å². The molecular formula is C80H84Ir3N8O4PtS-2. The van der Waals surface area contributed by atoms with Gasteiger partial charge < -0.3 is 30.1 Å². The van der Waals surface area contributed by atoms with Gasteiger partial charge in [-0.15, -0.1) is 105 Å². The van der Waals surface area contributed by atoms with Crippen molar-refractivity contribution in [3.63, 3.8) is 0 Å². The summed E-state index contributed by atoms with van der Waals surface area (Å²) in [6, 6.07) is 56.6. The van der Waals surface area contributed by atoms with Gasteiger partial charge in [0.2, 0.25) is 0 Å². The van der Waals surface area contributed by atoms with E-state index in [1.807, 2.05) is 121 Å². The number of allylic oxidation sites excluding steroid dienone is 8. The summed E-state index contributed by atoms with van der Waals surface area (Å²) in [5.41, 5.74) is 25.1. The molecule has 12 rings (SSSR count). The third kappa shape index (κ3) is 23.7. The third-order valence-electron chi connectivity index (χ3n) is 15.1. The zero-order valence-electron chi connectivity index (χ0n) is 57.0. The number of carbonyl (C=O) groups excluding carboxylic acids is 2. The molecule has 10 aromatic rings. The summed E-state index contributed by atoms with van der Waals surface area (Å²) in [6.07, 6.45) is 15.3. The molecule has 0 amide bonds. The van der Waals surface area contributed by atoms with Gasteiger partial charge in [-0.3, -0.25) is 14.6 Å². The fourth-order valence-electron chi connectivity index (χ4n) is 11.1. The molecule has 17 heteroatoms. The van der Waals surface area contributed by atoms with E-state index in [0.29, 0.717) is 0 Å². The SMILES string of the molecule is CC(=O)C=C(C)O.CC(=O)C=C(C)O.CCC1=C(CC)c2cc3[n-]c(cc4nc(cc5[n-]c(cc1n2)c(CC)c5CC)C(CC)=C4CC)c(CC)c3CC.[Ir].[Ir].[Ir].[Pt+2].[c-]1ccccc1-c1ccccn1.[c-]1ccccc1-c1ccccn1.c1ccc(-c2nc3ccccc3s2)nc1. The summed E-state index contributed by atoms with van der Waals surface area (Å²) in [5.74, 6) is -0.125. The van der Waals surface area contributed by atoms with Gasteiger partial charge in [-0.25, -0.2) is 15.0 Å². The predicted octanol–water partition coefficient (Wildman–Crippen LogP) is 19.8. The number of aliphatic hydroxyl groups is 2. The van der Waals surface area contributed by atoms with Gasteiger partial charge in [-0.05, 0) is 149 Å². The number of hydrogen-bond donors (Lipinski definition) is 2. The average molecular weight is 2030 g/mol. The van der Waals surface area contributed by atoms with E-state index in [4.69, 9.17) is 30.1 Å². The van der Waals surface area contributed by atoms with E-state index in [2.05, 4.69) is 118 Å². The monoisotopic (exact) mass is 2030 g/mol. The first-order valence-corrected chi connectivity index (χ1v) is 32.8. The Labute approximate surface area is 631 Å². The predicted molar refractivity (Wildman–Crippen MR) is 385 cm³/mol. The second kappa shape index (κ2) is 43.1. The van der Waals surface area contributed by atoms with Crippen molar-refractivity contribution in [2.45, 2.75) is 134 Å². The molecule has 0 spiro atoms. The molecule has 7 aromatic heterocycles. The summed E-state index contributed by atoms with van der Waals surface area (Å²) in [4.78, 5) is 58.3. The van der Waals surface area contributed by atoms with Crippen LogP contribution in [-0.4, -0.2) is 51.7 Å². The first kappa shape index (κ1) is 83.9. The van der Waals surface area contributed by atoms with Gasteiger partial charge in [-0.2, -0.15) is 0 Å². The normalized spacial score (nSPS) is 11.3. The molecular weight excluding hydrogens is 1940 g/mol. The third-order valence-corrected chi connectivity index (χ3v) is 16.2. The van der Waals surface area contributed by atoms with Gasteiger partial charge in [0.1, 0.15) is 5.01 Å². The topological polar surface area (TPSA) is 180 Å². The first-order valence-electron chi connectivity index (χ1n) is 32.0. The van der Waals surface area contributed by atoms with E-state index in [1.165, 1.54) is 89.1 Å². The van der Waals surface area contributed by atoms with Crippen molar-refractivity contribution in [1.29, 1.82) is 0 Å². The smallest absolute Gasteiger partial charge is 0.657 e. The number of benzene rings is 3. The number of nitrogens with zero attached hydrogens (tertiary/aromatic N) is 8. The van der Waals surface area contributed by atoms with Crippen molar-refractivity contribution in [3.8, 4) is 33.2 Å². The number of para-hydroxylation sites is 1.